The third kappa shape index (κ3) is 3.34. The number of carbonyl (C=O) groups is 1. The molecule has 0 saturated heterocycles. The molecule has 0 spiro atoms. The number of carbonyl (C=O) groups excluding carboxylic acids is 1. The van der Waals surface area contributed by atoms with Crippen LogP contribution in [0.25, 0.3) is 10.7 Å². The number of thioether (sulfide) groups is 1. The van der Waals surface area contributed by atoms with Gasteiger partial charge in [-0.2, -0.15) is 0 Å². The highest BCUT2D eigenvalue weighted by molar-refractivity contribution is 9.10. The lowest BCUT2D eigenvalue weighted by atomic mass is 10.2. The highest BCUT2D eigenvalue weighted by Gasteiger charge is 2.19. The summed E-state index contributed by atoms with van der Waals surface area (Å²) >= 11 is 4.97. The average molecular weight is 373 g/mol. The van der Waals surface area contributed by atoms with Gasteiger partial charge in [-0.05, 0) is 24.6 Å². The van der Waals surface area contributed by atoms with E-state index in [-0.39, 0.29) is 5.97 Å². The highest BCUT2D eigenvalue weighted by atomic mass is 79.9. The molecule has 1 aliphatic heterocycles. The van der Waals surface area contributed by atoms with Crippen LogP contribution in [-0.4, -0.2) is 5.97 Å². The molecule has 110 valence electrons. The molecule has 4 heteroatoms. The molecular formula is C18H13BrO2S. The monoisotopic (exact) mass is 372 g/mol. The van der Waals surface area contributed by atoms with Crippen molar-refractivity contribution in [1.82, 2.24) is 0 Å². The molecule has 0 bridgehead atoms. The van der Waals surface area contributed by atoms with Crippen molar-refractivity contribution in [2.75, 3.05) is 0 Å². The molecule has 0 aromatic heterocycles. The van der Waals surface area contributed by atoms with Crippen LogP contribution < -0.4 is 0 Å². The fourth-order valence-electron chi connectivity index (χ4n) is 2.16. The molecule has 1 aliphatic rings. The lowest BCUT2D eigenvalue weighted by Gasteiger charge is -2.09. The number of cyclic esters (lactones) is 1. The lowest BCUT2D eigenvalue weighted by Crippen LogP contribution is -2.00. The van der Waals surface area contributed by atoms with Gasteiger partial charge >= 0.3 is 5.97 Å². The first kappa shape index (κ1) is 15.1. The fraction of sp³-hybridized carbons (Fsp3) is 0.0556. The quantitative estimate of drug-likeness (QED) is 0.653. The smallest absolute Gasteiger partial charge is 0.337 e. The number of benzene rings is 2. The van der Waals surface area contributed by atoms with Crippen molar-refractivity contribution in [3.8, 4) is 0 Å². The number of esters is 1. The zero-order valence-corrected chi connectivity index (χ0v) is 14.3. The van der Waals surface area contributed by atoms with Crippen LogP contribution >= 0.6 is 27.7 Å². The number of ether oxygens (including phenoxy) is 1. The summed E-state index contributed by atoms with van der Waals surface area (Å²) in [7, 11) is 0. The Labute approximate surface area is 142 Å². The third-order valence-electron chi connectivity index (χ3n) is 3.20. The maximum Gasteiger partial charge on any atom is 0.337 e. The van der Waals surface area contributed by atoms with Crippen LogP contribution in [0.3, 0.4) is 0 Å². The Balaban J connectivity index is 1.98. The van der Waals surface area contributed by atoms with Crippen LogP contribution in [-0.2, 0) is 9.53 Å². The summed E-state index contributed by atoms with van der Waals surface area (Å²) in [5.74, 6) is 0.269. The maximum absolute atomic E-state index is 12.1. The number of halogens is 1. The van der Waals surface area contributed by atoms with Crippen LogP contribution in [0.2, 0.25) is 0 Å². The van der Waals surface area contributed by atoms with Crippen molar-refractivity contribution in [3.05, 3.63) is 81.2 Å². The van der Waals surface area contributed by atoms with Crippen LogP contribution in [0.5, 0.6) is 0 Å². The number of hydrogen-bond acceptors (Lipinski definition) is 3. The second-order valence-corrected chi connectivity index (χ2v) is 6.96. The van der Waals surface area contributed by atoms with E-state index in [1.54, 1.807) is 17.8 Å². The van der Waals surface area contributed by atoms with Crippen molar-refractivity contribution in [2.24, 2.45) is 0 Å². The Morgan fingerprint density at radius 2 is 1.64 bits per heavy atom. The SMILES string of the molecule is CC1=C(c2ccc(Br)cc2)OC(=O)C=C(c2ccccc2)S1. The van der Waals surface area contributed by atoms with Gasteiger partial charge in [-0.25, -0.2) is 4.79 Å². The standard InChI is InChI=1S/C18H13BrO2S/c1-12-18(14-7-9-15(19)10-8-14)21-17(20)11-16(22-12)13-5-3-2-4-6-13/h2-11H,1H3. The molecule has 0 aliphatic carbocycles. The summed E-state index contributed by atoms with van der Waals surface area (Å²) in [6.07, 6.45) is 1.55. The van der Waals surface area contributed by atoms with Gasteiger partial charge in [0.15, 0.2) is 0 Å². The minimum atomic E-state index is -0.346. The Kier molecular flexibility index (Phi) is 4.50. The predicted molar refractivity (Wildman–Crippen MR) is 94.8 cm³/mol. The summed E-state index contributed by atoms with van der Waals surface area (Å²) in [5.41, 5.74) is 1.91. The largest absolute Gasteiger partial charge is 0.422 e. The van der Waals surface area contributed by atoms with E-state index >= 15 is 0 Å². The van der Waals surface area contributed by atoms with Crippen LogP contribution in [0, 0.1) is 0 Å². The molecule has 0 atom stereocenters. The van der Waals surface area contributed by atoms with Crippen LogP contribution in [0.15, 0.2) is 70.1 Å². The van der Waals surface area contributed by atoms with Gasteiger partial charge in [0.25, 0.3) is 0 Å². The van der Waals surface area contributed by atoms with Gasteiger partial charge in [0.05, 0.1) is 0 Å². The molecule has 2 aromatic carbocycles. The van der Waals surface area contributed by atoms with E-state index in [1.807, 2.05) is 61.5 Å². The van der Waals surface area contributed by atoms with E-state index in [0.29, 0.717) is 5.76 Å². The molecule has 0 radical (unpaired) electrons. The number of allylic oxidation sites excluding steroid dienone is 1. The molecule has 0 N–H and O–H groups in total. The number of hydrogen-bond donors (Lipinski definition) is 0. The Morgan fingerprint density at radius 3 is 2.32 bits per heavy atom. The van der Waals surface area contributed by atoms with Crippen LogP contribution in [0.1, 0.15) is 18.1 Å². The second-order valence-electron chi connectivity index (χ2n) is 4.79. The normalized spacial score (nSPS) is 15.2. The predicted octanol–water partition coefficient (Wildman–Crippen LogP) is 5.47. The van der Waals surface area contributed by atoms with Crippen molar-refractivity contribution < 1.29 is 9.53 Å². The minimum Gasteiger partial charge on any atom is -0.422 e. The Bertz CT molecular complexity index is 761. The molecule has 1 heterocycles. The van der Waals surface area contributed by atoms with Crippen molar-refractivity contribution in [1.29, 1.82) is 0 Å². The summed E-state index contributed by atoms with van der Waals surface area (Å²) in [6.45, 7) is 1.97. The third-order valence-corrected chi connectivity index (χ3v) is 4.79. The van der Waals surface area contributed by atoms with Gasteiger partial charge in [-0.15, -0.1) is 0 Å². The van der Waals surface area contributed by atoms with Crippen molar-refractivity contribution >= 4 is 44.3 Å². The molecule has 2 aromatic rings. The summed E-state index contributed by atoms with van der Waals surface area (Å²) in [4.78, 5) is 14.0. The number of rotatable bonds is 2. The Morgan fingerprint density at radius 1 is 0.955 bits per heavy atom. The van der Waals surface area contributed by atoms with Gasteiger partial charge in [-0.3, -0.25) is 0 Å². The van der Waals surface area contributed by atoms with E-state index in [9.17, 15) is 4.79 Å². The molecular weight excluding hydrogens is 360 g/mol. The van der Waals surface area contributed by atoms with Crippen LogP contribution in [0.4, 0.5) is 0 Å². The zero-order valence-electron chi connectivity index (χ0n) is 11.9. The van der Waals surface area contributed by atoms with E-state index in [2.05, 4.69) is 15.9 Å². The molecule has 22 heavy (non-hydrogen) atoms. The molecule has 2 nitrogen and oxygen atoms in total. The van der Waals surface area contributed by atoms with E-state index in [4.69, 9.17) is 4.74 Å². The van der Waals surface area contributed by atoms with E-state index < -0.39 is 0 Å². The van der Waals surface area contributed by atoms with E-state index in [0.717, 1.165) is 25.4 Å². The van der Waals surface area contributed by atoms with E-state index in [1.165, 1.54) is 0 Å². The fourth-order valence-corrected chi connectivity index (χ4v) is 3.41. The van der Waals surface area contributed by atoms with Gasteiger partial charge in [-0.1, -0.05) is 70.2 Å². The van der Waals surface area contributed by atoms with Gasteiger partial charge in [0.1, 0.15) is 5.76 Å². The topological polar surface area (TPSA) is 26.3 Å². The average Bonchev–Trinajstić information content (AvgIpc) is 2.68. The summed E-state index contributed by atoms with van der Waals surface area (Å²) in [6, 6.07) is 17.6. The maximum atomic E-state index is 12.1. The highest BCUT2D eigenvalue weighted by Crippen LogP contribution is 2.40. The zero-order chi connectivity index (χ0) is 15.5. The summed E-state index contributed by atoms with van der Waals surface area (Å²) in [5, 5.41) is 0. The van der Waals surface area contributed by atoms with Crippen molar-refractivity contribution in [2.45, 2.75) is 6.92 Å². The van der Waals surface area contributed by atoms with Gasteiger partial charge in [0, 0.05) is 25.9 Å². The van der Waals surface area contributed by atoms with Gasteiger partial charge in [0.2, 0.25) is 0 Å². The first-order valence-electron chi connectivity index (χ1n) is 6.77. The molecule has 0 amide bonds. The van der Waals surface area contributed by atoms with Crippen molar-refractivity contribution in [3.63, 3.8) is 0 Å². The summed E-state index contributed by atoms with van der Waals surface area (Å²) < 4.78 is 6.52. The molecule has 0 fully saturated rings. The molecule has 0 saturated carbocycles. The molecule has 0 unspecified atom stereocenters. The lowest BCUT2D eigenvalue weighted by molar-refractivity contribution is -0.131. The molecule has 3 rings (SSSR count). The van der Waals surface area contributed by atoms with Gasteiger partial charge < -0.3 is 4.74 Å². The first-order valence-corrected chi connectivity index (χ1v) is 8.38. The second kappa shape index (κ2) is 6.55. The Hall–Kier alpha value is -1.78. The first-order chi connectivity index (χ1) is 10.6. The minimum absolute atomic E-state index is 0.346.